The molecule has 1 aliphatic rings. The summed E-state index contributed by atoms with van der Waals surface area (Å²) >= 11 is 0. The smallest absolute Gasteiger partial charge is 0.230 e. The standard InChI is InChI=1S/C14H18F2N2O/c1-2-14(7-3-4-8-14)13(19)18-12-10(17)6-5-9(15)11(12)16/h5-6H,2-4,7-8,17H2,1H3,(H,18,19). The van der Waals surface area contributed by atoms with Crippen LogP contribution < -0.4 is 11.1 Å². The monoisotopic (exact) mass is 268 g/mol. The highest BCUT2D eigenvalue weighted by Crippen LogP contribution is 2.42. The van der Waals surface area contributed by atoms with Gasteiger partial charge in [0.1, 0.15) is 5.69 Å². The zero-order chi connectivity index (χ0) is 14.0. The summed E-state index contributed by atoms with van der Waals surface area (Å²) < 4.78 is 26.9. The first-order valence-electron chi connectivity index (χ1n) is 6.55. The lowest BCUT2D eigenvalue weighted by Crippen LogP contribution is -2.33. The van der Waals surface area contributed by atoms with Crippen LogP contribution >= 0.6 is 0 Å². The average molecular weight is 268 g/mol. The van der Waals surface area contributed by atoms with Crippen molar-refractivity contribution >= 4 is 17.3 Å². The second-order valence-corrected chi connectivity index (χ2v) is 5.12. The summed E-state index contributed by atoms with van der Waals surface area (Å²) in [6.07, 6.45) is 4.23. The largest absolute Gasteiger partial charge is 0.397 e. The first kappa shape index (κ1) is 13.8. The van der Waals surface area contributed by atoms with Crippen LogP contribution in [0.2, 0.25) is 0 Å². The zero-order valence-corrected chi connectivity index (χ0v) is 10.9. The van der Waals surface area contributed by atoms with Crippen LogP contribution in [0.15, 0.2) is 12.1 Å². The van der Waals surface area contributed by atoms with Gasteiger partial charge in [-0.1, -0.05) is 19.8 Å². The van der Waals surface area contributed by atoms with Gasteiger partial charge in [0.15, 0.2) is 11.6 Å². The molecule has 0 saturated heterocycles. The van der Waals surface area contributed by atoms with E-state index in [9.17, 15) is 13.6 Å². The topological polar surface area (TPSA) is 55.1 Å². The lowest BCUT2D eigenvalue weighted by atomic mass is 9.82. The molecule has 0 aliphatic heterocycles. The molecule has 1 aliphatic carbocycles. The Labute approximate surface area is 111 Å². The van der Waals surface area contributed by atoms with Crippen molar-refractivity contribution in [2.24, 2.45) is 5.41 Å². The maximum absolute atomic E-state index is 13.7. The molecule has 0 aromatic heterocycles. The molecule has 3 N–H and O–H groups in total. The van der Waals surface area contributed by atoms with Crippen LogP contribution in [0.25, 0.3) is 0 Å². The van der Waals surface area contributed by atoms with Crippen LogP contribution in [0.5, 0.6) is 0 Å². The predicted octanol–water partition coefficient (Wildman–Crippen LogP) is 3.46. The summed E-state index contributed by atoms with van der Waals surface area (Å²) in [5, 5.41) is 2.47. The van der Waals surface area contributed by atoms with E-state index in [1.807, 2.05) is 6.92 Å². The molecule has 19 heavy (non-hydrogen) atoms. The third-order valence-corrected chi connectivity index (χ3v) is 4.08. The summed E-state index contributed by atoms with van der Waals surface area (Å²) in [5.74, 6) is -2.37. The Kier molecular flexibility index (Phi) is 3.73. The molecule has 2 rings (SSSR count). The van der Waals surface area contributed by atoms with Crippen LogP contribution in [0.3, 0.4) is 0 Å². The van der Waals surface area contributed by atoms with E-state index in [1.54, 1.807) is 0 Å². The average Bonchev–Trinajstić information content (AvgIpc) is 2.89. The van der Waals surface area contributed by atoms with Gasteiger partial charge in [-0.15, -0.1) is 0 Å². The summed E-state index contributed by atoms with van der Waals surface area (Å²) in [6.45, 7) is 1.94. The predicted molar refractivity (Wildman–Crippen MR) is 70.6 cm³/mol. The first-order chi connectivity index (χ1) is 9.00. The van der Waals surface area contributed by atoms with Gasteiger partial charge in [-0.3, -0.25) is 4.79 Å². The molecule has 1 saturated carbocycles. The third-order valence-electron chi connectivity index (χ3n) is 4.08. The minimum absolute atomic E-state index is 0.0384. The maximum atomic E-state index is 13.7. The summed E-state index contributed by atoms with van der Waals surface area (Å²) in [6, 6.07) is 2.20. The molecule has 1 aromatic rings. The molecule has 0 heterocycles. The van der Waals surface area contributed by atoms with Crippen LogP contribution in [-0.4, -0.2) is 5.91 Å². The highest BCUT2D eigenvalue weighted by atomic mass is 19.2. The number of benzene rings is 1. The number of nitrogens with one attached hydrogen (secondary N) is 1. The van der Waals surface area contributed by atoms with Crippen LogP contribution in [0.1, 0.15) is 39.0 Å². The van der Waals surface area contributed by atoms with E-state index in [1.165, 1.54) is 6.07 Å². The number of halogens is 2. The van der Waals surface area contributed by atoms with Gasteiger partial charge < -0.3 is 11.1 Å². The second kappa shape index (κ2) is 5.15. The molecular formula is C14H18F2N2O. The molecule has 104 valence electrons. The van der Waals surface area contributed by atoms with Crippen LogP contribution in [-0.2, 0) is 4.79 Å². The minimum Gasteiger partial charge on any atom is -0.397 e. The molecule has 3 nitrogen and oxygen atoms in total. The number of hydrogen-bond acceptors (Lipinski definition) is 2. The van der Waals surface area contributed by atoms with E-state index in [4.69, 9.17) is 5.73 Å². The SMILES string of the molecule is CCC1(C(=O)Nc2c(N)ccc(F)c2F)CCCC1. The highest BCUT2D eigenvalue weighted by Gasteiger charge is 2.39. The van der Waals surface area contributed by atoms with E-state index in [-0.39, 0.29) is 17.3 Å². The van der Waals surface area contributed by atoms with Crippen molar-refractivity contribution in [2.75, 3.05) is 11.1 Å². The van der Waals surface area contributed by atoms with Crippen molar-refractivity contribution in [1.29, 1.82) is 0 Å². The van der Waals surface area contributed by atoms with Gasteiger partial charge in [0, 0.05) is 5.41 Å². The van der Waals surface area contributed by atoms with Gasteiger partial charge in [0.2, 0.25) is 5.91 Å². The van der Waals surface area contributed by atoms with Crippen molar-refractivity contribution < 1.29 is 13.6 Å². The number of carbonyl (C=O) groups excluding carboxylic acids is 1. The number of carbonyl (C=O) groups is 1. The van der Waals surface area contributed by atoms with E-state index < -0.39 is 17.0 Å². The second-order valence-electron chi connectivity index (χ2n) is 5.12. The summed E-state index contributed by atoms with van der Waals surface area (Å²) in [5.41, 5.74) is 4.93. The lowest BCUT2D eigenvalue weighted by Gasteiger charge is -2.26. The van der Waals surface area contributed by atoms with E-state index >= 15 is 0 Å². The molecule has 1 aromatic carbocycles. The van der Waals surface area contributed by atoms with Gasteiger partial charge in [-0.05, 0) is 31.4 Å². The molecule has 1 fully saturated rings. The van der Waals surface area contributed by atoms with Gasteiger partial charge in [0.05, 0.1) is 5.69 Å². The molecule has 0 atom stereocenters. The quantitative estimate of drug-likeness (QED) is 0.825. The van der Waals surface area contributed by atoms with Crippen molar-refractivity contribution in [3.63, 3.8) is 0 Å². The minimum atomic E-state index is -1.10. The van der Waals surface area contributed by atoms with Gasteiger partial charge in [-0.25, -0.2) is 8.78 Å². The van der Waals surface area contributed by atoms with Crippen molar-refractivity contribution in [3.8, 4) is 0 Å². The fourth-order valence-corrected chi connectivity index (χ4v) is 2.73. The normalized spacial score (nSPS) is 17.4. The number of hydrogen-bond donors (Lipinski definition) is 2. The fourth-order valence-electron chi connectivity index (χ4n) is 2.73. The highest BCUT2D eigenvalue weighted by molar-refractivity contribution is 5.98. The van der Waals surface area contributed by atoms with Crippen molar-refractivity contribution in [1.82, 2.24) is 0 Å². The first-order valence-corrected chi connectivity index (χ1v) is 6.55. The Bertz CT molecular complexity index is 496. The molecule has 0 bridgehead atoms. The van der Waals surface area contributed by atoms with Crippen molar-refractivity contribution in [3.05, 3.63) is 23.8 Å². The number of amides is 1. The summed E-state index contributed by atoms with van der Waals surface area (Å²) in [4.78, 5) is 12.3. The number of anilines is 2. The van der Waals surface area contributed by atoms with E-state index in [2.05, 4.69) is 5.32 Å². The molecule has 0 spiro atoms. The van der Waals surface area contributed by atoms with E-state index in [0.29, 0.717) is 6.42 Å². The molecule has 0 unspecified atom stereocenters. The third kappa shape index (κ3) is 2.41. The number of nitrogens with two attached hydrogens (primary N) is 1. The van der Waals surface area contributed by atoms with Gasteiger partial charge in [0.25, 0.3) is 0 Å². The van der Waals surface area contributed by atoms with Crippen LogP contribution in [0, 0.1) is 17.0 Å². The lowest BCUT2D eigenvalue weighted by molar-refractivity contribution is -0.125. The molecule has 0 radical (unpaired) electrons. The Hall–Kier alpha value is -1.65. The van der Waals surface area contributed by atoms with E-state index in [0.717, 1.165) is 31.7 Å². The summed E-state index contributed by atoms with van der Waals surface area (Å²) in [7, 11) is 0. The Morgan fingerprint density at radius 3 is 2.58 bits per heavy atom. The molecular weight excluding hydrogens is 250 g/mol. The Morgan fingerprint density at radius 1 is 1.37 bits per heavy atom. The van der Waals surface area contributed by atoms with Gasteiger partial charge in [-0.2, -0.15) is 0 Å². The Balaban J connectivity index is 2.26. The van der Waals surface area contributed by atoms with Gasteiger partial charge >= 0.3 is 0 Å². The maximum Gasteiger partial charge on any atom is 0.230 e. The Morgan fingerprint density at radius 2 is 2.00 bits per heavy atom. The zero-order valence-electron chi connectivity index (χ0n) is 10.9. The number of rotatable bonds is 3. The number of nitrogen functional groups attached to an aromatic ring is 1. The molecule has 1 amide bonds. The fraction of sp³-hybridized carbons (Fsp3) is 0.500. The van der Waals surface area contributed by atoms with Crippen LogP contribution in [0.4, 0.5) is 20.2 Å². The van der Waals surface area contributed by atoms with Crippen molar-refractivity contribution in [2.45, 2.75) is 39.0 Å². The molecule has 5 heteroatoms.